The van der Waals surface area contributed by atoms with Crippen molar-refractivity contribution in [2.45, 2.75) is 9.79 Å². The van der Waals surface area contributed by atoms with E-state index in [9.17, 15) is 47.8 Å². The molecule has 37 heavy (non-hydrogen) atoms. The van der Waals surface area contributed by atoms with Gasteiger partial charge in [-0.25, -0.2) is 8.42 Å². The Balaban J connectivity index is 2.52. The fourth-order valence-electron chi connectivity index (χ4n) is 2.70. The first kappa shape index (κ1) is 28.8. The van der Waals surface area contributed by atoms with Crippen LogP contribution in [0.4, 0.5) is 22.7 Å². The van der Waals surface area contributed by atoms with E-state index in [1.54, 1.807) is 0 Å². The number of amides is 2. The van der Waals surface area contributed by atoms with E-state index in [2.05, 4.69) is 10.6 Å². The van der Waals surface area contributed by atoms with Crippen molar-refractivity contribution < 1.29 is 37.4 Å². The number of nitrogens with one attached hydrogen (secondary N) is 2. The number of sulfone groups is 1. The van der Waals surface area contributed by atoms with Crippen LogP contribution < -0.4 is 10.6 Å². The highest BCUT2D eigenvalue weighted by molar-refractivity contribution is 7.91. The Morgan fingerprint density at radius 1 is 0.703 bits per heavy atom. The van der Waals surface area contributed by atoms with Crippen LogP contribution in [0.25, 0.3) is 0 Å². The number of nitro benzene ring substituents is 2. The van der Waals surface area contributed by atoms with E-state index in [4.69, 9.17) is 23.2 Å². The average Bonchev–Trinajstić information content (AvgIpc) is 2.81. The van der Waals surface area contributed by atoms with Crippen LogP contribution in [0.3, 0.4) is 0 Å². The maximum Gasteiger partial charge on any atom is 0.290 e. The highest BCUT2D eigenvalue weighted by atomic mass is 35.5. The molecule has 2 rings (SSSR count). The molecule has 0 spiro atoms. The molecule has 2 amide bonds. The lowest BCUT2D eigenvalue weighted by atomic mass is 10.2. The van der Waals surface area contributed by atoms with Crippen molar-refractivity contribution in [1.29, 1.82) is 0 Å². The van der Waals surface area contributed by atoms with Crippen LogP contribution in [0.1, 0.15) is 0 Å². The molecule has 0 aromatic heterocycles. The zero-order valence-electron chi connectivity index (χ0n) is 17.9. The molecular weight excluding hydrogens is 559 g/mol. The molecule has 0 aliphatic rings. The second-order valence-corrected chi connectivity index (χ2v) is 9.27. The van der Waals surface area contributed by atoms with Crippen molar-refractivity contribution in [1.82, 2.24) is 0 Å². The molecule has 17 heteroatoms. The Labute approximate surface area is 216 Å². The lowest BCUT2D eigenvalue weighted by Crippen LogP contribution is -2.12. The third-order valence-electron chi connectivity index (χ3n) is 4.16. The Hall–Kier alpha value is -4.47. The van der Waals surface area contributed by atoms with Crippen molar-refractivity contribution in [3.8, 4) is 0 Å². The molecule has 0 heterocycles. The summed E-state index contributed by atoms with van der Waals surface area (Å²) < 4.78 is 26.4. The molecule has 0 saturated carbocycles. The SMILES string of the molecule is O=C(Cl)/C=C\C(=O)Nc1ccc(S(=O)(=O)c2ccc(NC(=O)/C=C\C(=O)Cl)cc2[N+](=O)[O-])c([N+](=O)[O-])c1. The smallest absolute Gasteiger partial charge is 0.290 e. The molecule has 0 aliphatic heterocycles. The number of anilines is 2. The molecule has 0 aliphatic carbocycles. The molecule has 2 N–H and O–H groups in total. The molecule has 0 bridgehead atoms. The minimum atomic E-state index is -4.88. The number of hydrogen-bond acceptors (Lipinski definition) is 10. The van der Waals surface area contributed by atoms with Crippen molar-refractivity contribution >= 4 is 78.1 Å². The zero-order chi connectivity index (χ0) is 27.9. The van der Waals surface area contributed by atoms with Gasteiger partial charge in [0.15, 0.2) is 0 Å². The first-order chi connectivity index (χ1) is 17.2. The van der Waals surface area contributed by atoms with Gasteiger partial charge in [-0.2, -0.15) is 0 Å². The molecule has 0 saturated heterocycles. The number of carbonyl (C=O) groups excluding carboxylic acids is 4. The Morgan fingerprint density at radius 2 is 1.05 bits per heavy atom. The van der Waals surface area contributed by atoms with E-state index in [0.717, 1.165) is 36.4 Å². The van der Waals surface area contributed by atoms with Gasteiger partial charge in [-0.1, -0.05) is 0 Å². The van der Waals surface area contributed by atoms with Crippen LogP contribution in [0, 0.1) is 20.2 Å². The minimum absolute atomic E-state index is 0.224. The maximum absolute atomic E-state index is 13.2. The topological polar surface area (TPSA) is 213 Å². The molecular formula is C20H12Cl2N4O10S. The number of allylic oxidation sites excluding steroid dienone is 2. The summed E-state index contributed by atoms with van der Waals surface area (Å²) >= 11 is 10.1. The van der Waals surface area contributed by atoms with E-state index < -0.39 is 63.1 Å². The summed E-state index contributed by atoms with van der Waals surface area (Å²) in [4.78, 5) is 64.1. The number of nitrogens with zero attached hydrogens (tertiary/aromatic N) is 2. The number of hydrogen-bond donors (Lipinski definition) is 2. The largest absolute Gasteiger partial charge is 0.322 e. The van der Waals surface area contributed by atoms with Gasteiger partial charge in [0.05, 0.1) is 9.85 Å². The number of benzene rings is 2. The lowest BCUT2D eigenvalue weighted by molar-refractivity contribution is -0.388. The van der Waals surface area contributed by atoms with Gasteiger partial charge in [-0.15, -0.1) is 0 Å². The molecule has 192 valence electrons. The fourth-order valence-corrected chi connectivity index (χ4v) is 4.37. The van der Waals surface area contributed by atoms with Gasteiger partial charge in [0.2, 0.25) is 32.1 Å². The highest BCUT2D eigenvalue weighted by Crippen LogP contribution is 2.36. The van der Waals surface area contributed by atoms with E-state index in [0.29, 0.717) is 24.3 Å². The van der Waals surface area contributed by atoms with Gasteiger partial charge in [0.1, 0.15) is 9.79 Å². The van der Waals surface area contributed by atoms with Crippen LogP contribution in [0.5, 0.6) is 0 Å². The standard InChI is InChI=1S/C20H12Cl2N4O10S/c21-17(27)5-7-19(29)23-11-1-3-15(13(9-11)25(31)32)37(35,36)16-4-2-12(10-14(16)26(33)34)24-20(30)8-6-18(22)28/h1-10H,(H,23,29)(H,24,30)/b7-5-,8-6-. The van der Waals surface area contributed by atoms with Gasteiger partial charge in [-0.05, 0) is 47.5 Å². The second kappa shape index (κ2) is 12.0. The predicted molar refractivity (Wildman–Crippen MR) is 129 cm³/mol. The van der Waals surface area contributed by atoms with Crippen LogP contribution >= 0.6 is 23.2 Å². The van der Waals surface area contributed by atoms with Crippen LogP contribution in [-0.4, -0.2) is 40.6 Å². The molecule has 2 aromatic rings. The quantitative estimate of drug-likeness (QED) is 0.184. The molecule has 0 atom stereocenters. The first-order valence-corrected chi connectivity index (χ1v) is 11.7. The first-order valence-electron chi connectivity index (χ1n) is 9.41. The van der Waals surface area contributed by atoms with E-state index in [1.165, 1.54) is 0 Å². The van der Waals surface area contributed by atoms with Crippen LogP contribution in [-0.2, 0) is 29.0 Å². The number of carbonyl (C=O) groups is 4. The van der Waals surface area contributed by atoms with Crippen molar-refractivity contribution in [3.05, 3.63) is 80.9 Å². The Kier molecular flexibility index (Phi) is 9.31. The molecule has 0 radical (unpaired) electrons. The van der Waals surface area contributed by atoms with Gasteiger partial charge in [0.25, 0.3) is 11.4 Å². The van der Waals surface area contributed by atoms with E-state index in [1.807, 2.05) is 0 Å². The summed E-state index contributed by atoms with van der Waals surface area (Å²) in [5, 5.41) is 25.6. The van der Waals surface area contributed by atoms with Crippen molar-refractivity contribution in [3.63, 3.8) is 0 Å². The van der Waals surface area contributed by atoms with Gasteiger partial charge < -0.3 is 10.6 Å². The van der Waals surface area contributed by atoms with E-state index in [-0.39, 0.29) is 11.4 Å². The second-order valence-electron chi connectivity index (χ2n) is 6.64. The maximum atomic E-state index is 13.2. The number of rotatable bonds is 10. The minimum Gasteiger partial charge on any atom is -0.322 e. The summed E-state index contributed by atoms with van der Waals surface area (Å²) in [6.45, 7) is 0. The number of halogens is 2. The monoisotopic (exact) mass is 570 g/mol. The van der Waals surface area contributed by atoms with Crippen molar-refractivity contribution in [2.75, 3.05) is 10.6 Å². The van der Waals surface area contributed by atoms with Gasteiger partial charge >= 0.3 is 0 Å². The summed E-state index contributed by atoms with van der Waals surface area (Å²) in [5.41, 5.74) is -2.48. The number of nitro groups is 2. The third kappa shape index (κ3) is 7.76. The van der Waals surface area contributed by atoms with Crippen molar-refractivity contribution in [2.24, 2.45) is 0 Å². The highest BCUT2D eigenvalue weighted by Gasteiger charge is 2.34. The molecule has 2 aromatic carbocycles. The summed E-state index contributed by atoms with van der Waals surface area (Å²) in [6.07, 6.45) is 2.89. The average molecular weight is 571 g/mol. The normalized spacial score (nSPS) is 11.3. The van der Waals surface area contributed by atoms with Crippen LogP contribution in [0.2, 0.25) is 0 Å². The van der Waals surface area contributed by atoms with E-state index >= 15 is 0 Å². The summed E-state index contributed by atoms with van der Waals surface area (Å²) in [6, 6.07) is 4.88. The van der Waals surface area contributed by atoms with Crippen LogP contribution in [0.15, 0.2) is 70.5 Å². The van der Waals surface area contributed by atoms with Gasteiger partial charge in [-0.3, -0.25) is 39.4 Å². The molecule has 14 nitrogen and oxygen atoms in total. The summed E-state index contributed by atoms with van der Waals surface area (Å²) in [7, 11) is -4.88. The third-order valence-corrected chi connectivity index (χ3v) is 6.26. The Morgan fingerprint density at radius 3 is 1.35 bits per heavy atom. The summed E-state index contributed by atoms with van der Waals surface area (Å²) in [5.74, 6) is -1.81. The fraction of sp³-hybridized carbons (Fsp3) is 0. The molecule has 0 unspecified atom stereocenters. The zero-order valence-corrected chi connectivity index (χ0v) is 20.2. The van der Waals surface area contributed by atoms with Gasteiger partial charge in [0, 0.05) is 47.8 Å². The molecule has 0 fully saturated rings. The predicted octanol–water partition coefficient (Wildman–Crippen LogP) is 2.86. The lowest BCUT2D eigenvalue weighted by Gasteiger charge is -2.10. The Bertz CT molecular complexity index is 1400.